The van der Waals surface area contributed by atoms with Gasteiger partial charge in [-0.25, -0.2) is 13.4 Å². The van der Waals surface area contributed by atoms with Crippen LogP contribution in [-0.4, -0.2) is 65.0 Å². The van der Waals surface area contributed by atoms with Crippen molar-refractivity contribution in [3.8, 4) is 11.5 Å². The molecule has 0 spiro atoms. The fourth-order valence-electron chi connectivity index (χ4n) is 3.69. The van der Waals surface area contributed by atoms with Gasteiger partial charge < -0.3 is 14.4 Å². The molecule has 160 valence electrons. The molecule has 0 bridgehead atoms. The second-order valence-corrected chi connectivity index (χ2v) is 10.3. The molecular weight excluding hydrogens is 422 g/mol. The van der Waals surface area contributed by atoms with E-state index in [1.165, 1.54) is 6.26 Å². The van der Waals surface area contributed by atoms with E-state index >= 15 is 0 Å². The van der Waals surface area contributed by atoms with Crippen LogP contribution in [0.2, 0.25) is 0 Å². The van der Waals surface area contributed by atoms with E-state index in [-0.39, 0.29) is 0 Å². The molecule has 2 heterocycles. The first kappa shape index (κ1) is 20.9. The lowest BCUT2D eigenvalue weighted by atomic mass is 10.1. The third-order valence-corrected chi connectivity index (χ3v) is 7.50. The monoisotopic (exact) mass is 447 g/mol. The predicted molar refractivity (Wildman–Crippen MR) is 120 cm³/mol. The Bertz CT molecular complexity index is 1150. The van der Waals surface area contributed by atoms with Crippen LogP contribution in [0.5, 0.6) is 11.5 Å². The summed E-state index contributed by atoms with van der Waals surface area (Å²) in [6.07, 6.45) is 1.23. The minimum Gasteiger partial charge on any atom is -0.497 e. The van der Waals surface area contributed by atoms with Gasteiger partial charge in [-0.2, -0.15) is 0 Å². The standard InChI is InChI=1S/C21H25N3O4S2/c1-27-16-7-8-17(28-2)15(13-16)14-23-9-11-24(12-10-23)21-22-20-18(29-21)5-4-6-19(20)30(3,25)26/h4-8,13H,9-12,14H2,1-3H3. The molecule has 1 fully saturated rings. The average molecular weight is 448 g/mol. The highest BCUT2D eigenvalue weighted by atomic mass is 32.2. The lowest BCUT2D eigenvalue weighted by Crippen LogP contribution is -2.46. The first-order valence-corrected chi connectivity index (χ1v) is 12.4. The fourth-order valence-corrected chi connectivity index (χ4v) is 5.63. The molecule has 3 aromatic rings. The van der Waals surface area contributed by atoms with E-state index in [2.05, 4.69) is 14.8 Å². The number of aromatic nitrogens is 1. The first-order chi connectivity index (χ1) is 14.4. The smallest absolute Gasteiger partial charge is 0.186 e. The van der Waals surface area contributed by atoms with Gasteiger partial charge in [0.15, 0.2) is 15.0 Å². The van der Waals surface area contributed by atoms with Crippen LogP contribution in [-0.2, 0) is 16.4 Å². The number of piperazine rings is 1. The largest absolute Gasteiger partial charge is 0.497 e. The van der Waals surface area contributed by atoms with Crippen LogP contribution in [0.4, 0.5) is 5.13 Å². The molecular formula is C21H25N3O4S2. The topological polar surface area (TPSA) is 72.0 Å². The summed E-state index contributed by atoms with van der Waals surface area (Å²) in [5, 5.41) is 0.875. The molecule has 1 aliphatic rings. The van der Waals surface area contributed by atoms with Gasteiger partial charge >= 0.3 is 0 Å². The van der Waals surface area contributed by atoms with Gasteiger partial charge in [-0.3, -0.25) is 4.90 Å². The van der Waals surface area contributed by atoms with Crippen LogP contribution in [0.25, 0.3) is 10.2 Å². The van der Waals surface area contributed by atoms with Crippen molar-refractivity contribution in [3.05, 3.63) is 42.0 Å². The first-order valence-electron chi connectivity index (χ1n) is 9.67. The lowest BCUT2D eigenvalue weighted by Gasteiger charge is -2.34. The molecule has 1 saturated heterocycles. The molecule has 0 radical (unpaired) electrons. The number of fused-ring (bicyclic) bond motifs is 1. The zero-order chi connectivity index (χ0) is 21.3. The van der Waals surface area contributed by atoms with Gasteiger partial charge in [0.1, 0.15) is 17.0 Å². The zero-order valence-corrected chi connectivity index (χ0v) is 18.9. The molecule has 0 N–H and O–H groups in total. The van der Waals surface area contributed by atoms with E-state index < -0.39 is 9.84 Å². The van der Waals surface area contributed by atoms with E-state index in [1.54, 1.807) is 37.7 Å². The number of nitrogens with zero attached hydrogens (tertiary/aromatic N) is 3. The van der Waals surface area contributed by atoms with E-state index in [1.807, 2.05) is 24.3 Å². The number of methoxy groups -OCH3 is 2. The van der Waals surface area contributed by atoms with Crippen molar-refractivity contribution in [2.75, 3.05) is 51.6 Å². The van der Waals surface area contributed by atoms with E-state index in [0.29, 0.717) is 10.4 Å². The number of anilines is 1. The molecule has 1 aliphatic heterocycles. The van der Waals surface area contributed by atoms with Crippen molar-refractivity contribution in [1.29, 1.82) is 0 Å². The van der Waals surface area contributed by atoms with Gasteiger partial charge in [-0.1, -0.05) is 17.4 Å². The minimum atomic E-state index is -3.31. The average Bonchev–Trinajstić information content (AvgIpc) is 3.17. The summed E-state index contributed by atoms with van der Waals surface area (Å²) in [4.78, 5) is 9.58. The third-order valence-electron chi connectivity index (χ3n) is 5.29. The highest BCUT2D eigenvalue weighted by molar-refractivity contribution is 7.91. The van der Waals surface area contributed by atoms with Crippen molar-refractivity contribution in [1.82, 2.24) is 9.88 Å². The Morgan fingerprint density at radius 2 is 1.83 bits per heavy atom. The predicted octanol–water partition coefficient (Wildman–Crippen LogP) is 3.04. The second-order valence-electron chi connectivity index (χ2n) is 7.31. The zero-order valence-electron chi connectivity index (χ0n) is 17.3. The Balaban J connectivity index is 1.48. The van der Waals surface area contributed by atoms with Gasteiger partial charge in [0.2, 0.25) is 0 Å². The molecule has 0 unspecified atom stereocenters. The van der Waals surface area contributed by atoms with Crippen molar-refractivity contribution in [2.24, 2.45) is 0 Å². The van der Waals surface area contributed by atoms with Gasteiger partial charge in [-0.05, 0) is 30.3 Å². The highest BCUT2D eigenvalue weighted by Crippen LogP contribution is 2.33. The van der Waals surface area contributed by atoms with Crippen molar-refractivity contribution >= 4 is 36.5 Å². The van der Waals surface area contributed by atoms with E-state index in [9.17, 15) is 8.42 Å². The van der Waals surface area contributed by atoms with Gasteiger partial charge in [0.25, 0.3) is 0 Å². The summed E-state index contributed by atoms with van der Waals surface area (Å²) in [5.74, 6) is 1.68. The molecule has 7 nitrogen and oxygen atoms in total. The Kier molecular flexibility index (Phi) is 5.86. The second kappa shape index (κ2) is 8.41. The highest BCUT2D eigenvalue weighted by Gasteiger charge is 2.23. The summed E-state index contributed by atoms with van der Waals surface area (Å²) in [5.41, 5.74) is 1.67. The van der Waals surface area contributed by atoms with E-state index in [4.69, 9.17) is 9.47 Å². The summed E-state index contributed by atoms with van der Waals surface area (Å²) >= 11 is 1.55. The summed E-state index contributed by atoms with van der Waals surface area (Å²) in [6.45, 7) is 4.22. The number of benzene rings is 2. The third kappa shape index (κ3) is 4.23. The van der Waals surface area contributed by atoms with Crippen LogP contribution >= 0.6 is 11.3 Å². The molecule has 0 aliphatic carbocycles. The number of hydrogen-bond acceptors (Lipinski definition) is 8. The van der Waals surface area contributed by atoms with Crippen LogP contribution in [0, 0.1) is 0 Å². The molecule has 2 aromatic carbocycles. The molecule has 9 heteroatoms. The van der Waals surface area contributed by atoms with Crippen LogP contribution in [0.1, 0.15) is 5.56 Å². The molecule has 1 aromatic heterocycles. The Morgan fingerprint density at radius 1 is 1.07 bits per heavy atom. The van der Waals surface area contributed by atoms with E-state index in [0.717, 1.165) is 59.6 Å². The van der Waals surface area contributed by atoms with Crippen molar-refractivity contribution in [3.63, 3.8) is 0 Å². The molecule has 0 atom stereocenters. The van der Waals surface area contributed by atoms with Crippen LogP contribution in [0.15, 0.2) is 41.3 Å². The molecule has 30 heavy (non-hydrogen) atoms. The maximum atomic E-state index is 12.1. The summed E-state index contributed by atoms with van der Waals surface area (Å²) in [7, 11) is 0.0386. The van der Waals surface area contributed by atoms with Crippen LogP contribution < -0.4 is 14.4 Å². The summed E-state index contributed by atoms with van der Waals surface area (Å²) < 4.78 is 35.9. The maximum absolute atomic E-state index is 12.1. The SMILES string of the molecule is COc1ccc(OC)c(CN2CCN(c3nc4c(S(C)(=O)=O)cccc4s3)CC2)c1. The number of sulfone groups is 1. The number of ether oxygens (including phenoxy) is 2. The minimum absolute atomic E-state index is 0.297. The maximum Gasteiger partial charge on any atom is 0.186 e. The molecule has 4 rings (SSSR count). The Morgan fingerprint density at radius 3 is 2.50 bits per heavy atom. The summed E-state index contributed by atoms with van der Waals surface area (Å²) in [6, 6.07) is 11.2. The van der Waals surface area contributed by atoms with Gasteiger partial charge in [0.05, 0.1) is 23.8 Å². The number of thiazole rings is 1. The van der Waals surface area contributed by atoms with Gasteiger partial charge in [-0.15, -0.1) is 0 Å². The lowest BCUT2D eigenvalue weighted by molar-refractivity contribution is 0.245. The van der Waals surface area contributed by atoms with Crippen molar-refractivity contribution < 1.29 is 17.9 Å². The number of hydrogen-bond donors (Lipinski definition) is 0. The fraction of sp³-hybridized carbons (Fsp3) is 0.381. The Hall–Kier alpha value is -2.36. The normalized spacial score (nSPS) is 15.5. The molecule has 0 saturated carbocycles. The number of rotatable bonds is 6. The quantitative estimate of drug-likeness (QED) is 0.575. The van der Waals surface area contributed by atoms with Crippen molar-refractivity contribution in [2.45, 2.75) is 11.4 Å². The number of para-hydroxylation sites is 1. The Labute approximate surface area is 180 Å². The molecule has 0 amide bonds. The van der Waals surface area contributed by atoms with Crippen LogP contribution in [0.3, 0.4) is 0 Å². The van der Waals surface area contributed by atoms with Gasteiger partial charge in [0, 0.05) is 44.5 Å².